The molecule has 3 rings (SSSR count). The Kier molecular flexibility index (Phi) is 4.68. The highest BCUT2D eigenvalue weighted by molar-refractivity contribution is 5.79. The van der Waals surface area contributed by atoms with E-state index in [1.807, 2.05) is 35.2 Å². The van der Waals surface area contributed by atoms with Crippen LogP contribution in [0, 0.1) is 17.2 Å². The number of aliphatic hydroxyl groups excluding tert-OH is 1. The molecule has 122 valence electrons. The Bertz CT molecular complexity index is 585. The lowest BCUT2D eigenvalue weighted by Crippen LogP contribution is -2.47. The molecule has 0 bridgehead atoms. The number of amides is 1. The summed E-state index contributed by atoms with van der Waals surface area (Å²) in [6.45, 7) is 1.27. The quantitative estimate of drug-likeness (QED) is 0.913. The molecule has 0 aromatic heterocycles. The van der Waals surface area contributed by atoms with Gasteiger partial charge < -0.3 is 10.0 Å². The van der Waals surface area contributed by atoms with Crippen molar-refractivity contribution in [2.45, 2.75) is 50.0 Å². The first-order valence-electron chi connectivity index (χ1n) is 8.58. The average Bonchev–Trinajstić information content (AvgIpc) is 2.62. The predicted octanol–water partition coefficient (Wildman–Crippen LogP) is 2.62. The highest BCUT2D eigenvalue weighted by atomic mass is 16.3. The monoisotopic (exact) mass is 312 g/mol. The van der Waals surface area contributed by atoms with Gasteiger partial charge in [0.1, 0.15) is 0 Å². The summed E-state index contributed by atoms with van der Waals surface area (Å²) in [5.74, 6) is 0.133. The number of hydrogen-bond donors (Lipinski definition) is 1. The summed E-state index contributed by atoms with van der Waals surface area (Å²) in [5, 5.41) is 19.5. The maximum Gasteiger partial charge on any atom is 0.225 e. The Morgan fingerprint density at radius 2 is 1.91 bits per heavy atom. The zero-order chi connectivity index (χ0) is 16.3. The Balaban J connectivity index is 1.66. The van der Waals surface area contributed by atoms with Gasteiger partial charge in [0.05, 0.1) is 17.6 Å². The fourth-order valence-electron chi connectivity index (χ4n) is 3.98. The number of carbonyl (C=O) groups excluding carboxylic acids is 1. The van der Waals surface area contributed by atoms with Crippen LogP contribution >= 0.6 is 0 Å². The normalized spacial score (nSPS) is 27.2. The van der Waals surface area contributed by atoms with Crippen LogP contribution in [0.1, 0.15) is 44.1 Å². The molecule has 2 atom stereocenters. The second kappa shape index (κ2) is 6.72. The van der Waals surface area contributed by atoms with Gasteiger partial charge in [-0.05, 0) is 37.7 Å². The third kappa shape index (κ3) is 3.25. The largest absolute Gasteiger partial charge is 0.393 e. The van der Waals surface area contributed by atoms with Crippen LogP contribution < -0.4 is 0 Å². The molecule has 1 amide bonds. The van der Waals surface area contributed by atoms with Crippen molar-refractivity contribution in [1.82, 2.24) is 4.90 Å². The van der Waals surface area contributed by atoms with E-state index < -0.39 is 5.41 Å². The lowest BCUT2D eigenvalue weighted by molar-refractivity contribution is -0.139. The third-order valence-electron chi connectivity index (χ3n) is 5.46. The molecular formula is C19H24N2O2. The second-order valence-corrected chi connectivity index (χ2v) is 6.90. The maximum atomic E-state index is 12.7. The van der Waals surface area contributed by atoms with Gasteiger partial charge in [0.15, 0.2) is 0 Å². The number of carbonyl (C=O) groups is 1. The number of benzene rings is 1. The molecule has 2 fully saturated rings. The Labute approximate surface area is 137 Å². The van der Waals surface area contributed by atoms with Crippen molar-refractivity contribution in [1.29, 1.82) is 5.26 Å². The van der Waals surface area contributed by atoms with Gasteiger partial charge in [0.2, 0.25) is 5.91 Å². The van der Waals surface area contributed by atoms with Crippen molar-refractivity contribution in [2.24, 2.45) is 5.92 Å². The van der Waals surface area contributed by atoms with Gasteiger partial charge in [-0.15, -0.1) is 0 Å². The fraction of sp³-hybridized carbons (Fsp3) is 0.579. The standard InChI is InChI=1S/C19H24N2O2/c20-14-19(16-6-2-1-3-7-16)9-11-21(12-10-19)18(23)15-5-4-8-17(22)13-15/h1-3,6-7,15,17,22H,4-5,8-13H2/t15-,17+/m0/s1. The smallest absolute Gasteiger partial charge is 0.225 e. The minimum absolute atomic E-state index is 0.0370. The topological polar surface area (TPSA) is 64.3 Å². The lowest BCUT2D eigenvalue weighted by atomic mass is 9.73. The first kappa shape index (κ1) is 16.0. The van der Waals surface area contributed by atoms with Crippen molar-refractivity contribution < 1.29 is 9.90 Å². The number of rotatable bonds is 2. The molecule has 1 aliphatic heterocycles. The molecule has 0 radical (unpaired) electrons. The van der Waals surface area contributed by atoms with Gasteiger partial charge in [-0.1, -0.05) is 36.8 Å². The van der Waals surface area contributed by atoms with E-state index in [9.17, 15) is 15.2 Å². The Morgan fingerprint density at radius 3 is 2.52 bits per heavy atom. The summed E-state index contributed by atoms with van der Waals surface area (Å²) in [4.78, 5) is 14.6. The molecule has 1 N–H and O–H groups in total. The van der Waals surface area contributed by atoms with Crippen LogP contribution in [-0.4, -0.2) is 35.1 Å². The van der Waals surface area contributed by atoms with E-state index in [1.165, 1.54) is 0 Å². The Morgan fingerprint density at radius 1 is 1.22 bits per heavy atom. The van der Waals surface area contributed by atoms with E-state index >= 15 is 0 Å². The van der Waals surface area contributed by atoms with E-state index in [-0.39, 0.29) is 17.9 Å². The number of piperidine rings is 1. The molecule has 1 heterocycles. The van der Waals surface area contributed by atoms with Gasteiger partial charge in [0, 0.05) is 19.0 Å². The third-order valence-corrected chi connectivity index (χ3v) is 5.46. The predicted molar refractivity (Wildman–Crippen MR) is 87.5 cm³/mol. The molecule has 1 aliphatic carbocycles. The van der Waals surface area contributed by atoms with E-state index in [1.54, 1.807) is 0 Å². The lowest BCUT2D eigenvalue weighted by Gasteiger charge is -2.39. The molecule has 4 heteroatoms. The Hall–Kier alpha value is -1.86. The van der Waals surface area contributed by atoms with Gasteiger partial charge in [-0.25, -0.2) is 0 Å². The van der Waals surface area contributed by atoms with Crippen LogP contribution in [0.25, 0.3) is 0 Å². The molecule has 1 saturated carbocycles. The van der Waals surface area contributed by atoms with Crippen molar-refractivity contribution in [3.63, 3.8) is 0 Å². The van der Waals surface area contributed by atoms with Crippen LogP contribution in [-0.2, 0) is 10.2 Å². The van der Waals surface area contributed by atoms with Crippen LogP contribution in [0.15, 0.2) is 30.3 Å². The fourth-order valence-corrected chi connectivity index (χ4v) is 3.98. The van der Waals surface area contributed by atoms with E-state index in [0.717, 1.165) is 24.8 Å². The van der Waals surface area contributed by atoms with E-state index in [2.05, 4.69) is 6.07 Å². The number of likely N-dealkylation sites (tertiary alicyclic amines) is 1. The van der Waals surface area contributed by atoms with Crippen LogP contribution in [0.5, 0.6) is 0 Å². The van der Waals surface area contributed by atoms with Crippen LogP contribution in [0.2, 0.25) is 0 Å². The maximum absolute atomic E-state index is 12.7. The number of nitriles is 1. The molecule has 0 unspecified atom stereocenters. The van der Waals surface area contributed by atoms with Crippen LogP contribution in [0.4, 0.5) is 0 Å². The molecule has 1 aromatic rings. The summed E-state index contributed by atoms with van der Waals surface area (Å²) >= 11 is 0. The van der Waals surface area contributed by atoms with Gasteiger partial charge in [0.25, 0.3) is 0 Å². The van der Waals surface area contributed by atoms with Crippen molar-refractivity contribution in [3.05, 3.63) is 35.9 Å². The van der Waals surface area contributed by atoms with Gasteiger partial charge in [-0.3, -0.25) is 4.79 Å². The first-order valence-corrected chi connectivity index (χ1v) is 8.58. The zero-order valence-electron chi connectivity index (χ0n) is 13.4. The summed E-state index contributed by atoms with van der Waals surface area (Å²) in [5.41, 5.74) is 0.590. The van der Waals surface area contributed by atoms with Crippen molar-refractivity contribution in [2.75, 3.05) is 13.1 Å². The molecule has 0 spiro atoms. The van der Waals surface area contributed by atoms with Gasteiger partial charge >= 0.3 is 0 Å². The van der Waals surface area contributed by atoms with Gasteiger partial charge in [-0.2, -0.15) is 5.26 Å². The minimum Gasteiger partial charge on any atom is -0.393 e. The summed E-state index contributed by atoms with van der Waals surface area (Å²) in [6.07, 6.45) is 4.27. The molecule has 4 nitrogen and oxygen atoms in total. The average molecular weight is 312 g/mol. The number of nitrogens with zero attached hydrogens (tertiary/aromatic N) is 2. The second-order valence-electron chi connectivity index (χ2n) is 6.90. The highest BCUT2D eigenvalue weighted by Crippen LogP contribution is 2.36. The highest BCUT2D eigenvalue weighted by Gasteiger charge is 2.39. The first-order chi connectivity index (χ1) is 11.1. The summed E-state index contributed by atoms with van der Waals surface area (Å²) in [7, 11) is 0. The van der Waals surface area contributed by atoms with Crippen molar-refractivity contribution >= 4 is 5.91 Å². The van der Waals surface area contributed by atoms with E-state index in [0.29, 0.717) is 32.4 Å². The molecule has 23 heavy (non-hydrogen) atoms. The molecule has 1 aromatic carbocycles. The molecular weight excluding hydrogens is 288 g/mol. The zero-order valence-corrected chi connectivity index (χ0v) is 13.4. The minimum atomic E-state index is -0.468. The molecule has 1 saturated heterocycles. The molecule has 2 aliphatic rings. The number of aliphatic hydroxyl groups is 1. The SMILES string of the molecule is N#CC1(c2ccccc2)CCN(C(=O)[C@H]2CCC[C@@H](O)C2)CC1. The van der Waals surface area contributed by atoms with Crippen LogP contribution in [0.3, 0.4) is 0 Å². The number of hydrogen-bond acceptors (Lipinski definition) is 3. The summed E-state index contributed by atoms with van der Waals surface area (Å²) < 4.78 is 0. The van der Waals surface area contributed by atoms with Crippen molar-refractivity contribution in [3.8, 4) is 6.07 Å². The van der Waals surface area contributed by atoms with E-state index in [4.69, 9.17) is 0 Å². The summed E-state index contributed by atoms with van der Waals surface area (Å²) in [6, 6.07) is 12.4.